The predicted octanol–water partition coefficient (Wildman–Crippen LogP) is 1.66. The monoisotopic (exact) mass is 446 g/mol. The van der Waals surface area contributed by atoms with Gasteiger partial charge in [-0.3, -0.25) is 23.4 Å². The molecular formula is C17H17F2N2O8P. The second-order valence-corrected chi connectivity index (χ2v) is 8.57. The van der Waals surface area contributed by atoms with Crippen LogP contribution in [0.1, 0.15) is 23.8 Å². The van der Waals surface area contributed by atoms with Crippen molar-refractivity contribution in [1.29, 1.82) is 0 Å². The Kier molecular flexibility index (Phi) is 5.15. The minimum absolute atomic E-state index is 0.0689. The molecule has 2 N–H and O–H groups in total. The lowest BCUT2D eigenvalue weighted by atomic mass is 10.2. The van der Waals surface area contributed by atoms with Crippen LogP contribution in [0.15, 0.2) is 34.0 Å². The molecule has 1 aromatic carbocycles. The molecule has 4 rings (SSSR count). The molecule has 2 aliphatic rings. The predicted molar refractivity (Wildman–Crippen MR) is 96.0 cm³/mol. The molecule has 30 heavy (non-hydrogen) atoms. The average Bonchev–Trinajstić information content (AvgIpc) is 2.98. The number of alkyl halides is 1. The average molecular weight is 446 g/mol. The van der Waals surface area contributed by atoms with Crippen LogP contribution in [0, 0.1) is 12.7 Å². The number of phosphoric acid groups is 1. The molecule has 0 spiro atoms. The van der Waals surface area contributed by atoms with Crippen LogP contribution in [0.2, 0.25) is 0 Å². The van der Waals surface area contributed by atoms with Crippen molar-refractivity contribution in [2.45, 2.75) is 38.1 Å². The van der Waals surface area contributed by atoms with Crippen molar-refractivity contribution in [3.63, 3.8) is 0 Å². The summed E-state index contributed by atoms with van der Waals surface area (Å²) >= 11 is 0. The van der Waals surface area contributed by atoms with E-state index in [1.54, 1.807) is 0 Å². The normalized spacial score (nSPS) is 30.7. The van der Waals surface area contributed by atoms with Crippen LogP contribution in [0.4, 0.5) is 8.78 Å². The molecule has 1 unspecified atom stereocenters. The Hall–Kier alpha value is -2.37. The number of phosphoric ester groups is 1. The molecule has 2 aromatic rings. The van der Waals surface area contributed by atoms with Crippen molar-refractivity contribution in [1.82, 2.24) is 9.55 Å². The molecule has 1 saturated heterocycles. The number of hydrogen-bond donors (Lipinski definition) is 2. The highest BCUT2D eigenvalue weighted by Gasteiger charge is 2.50. The summed E-state index contributed by atoms with van der Waals surface area (Å²) in [4.78, 5) is 25.5. The van der Waals surface area contributed by atoms with Gasteiger partial charge in [0.15, 0.2) is 6.23 Å². The van der Waals surface area contributed by atoms with Crippen molar-refractivity contribution in [3.05, 3.63) is 62.2 Å². The lowest BCUT2D eigenvalue weighted by molar-refractivity contribution is -0.179. The van der Waals surface area contributed by atoms with Crippen molar-refractivity contribution in [2.75, 3.05) is 6.61 Å². The molecular weight excluding hydrogens is 429 g/mol. The SMILES string of the molecule is Cc1cn([C@@H]2O[C@](F)(COP3(=O)OCc4cc(F)ccc4O3)C[C@H]2O)c(=O)[nH]c1=O. The maximum absolute atomic E-state index is 15.1. The number of fused-ring (bicyclic) bond motifs is 1. The van der Waals surface area contributed by atoms with Gasteiger partial charge in [-0.1, -0.05) is 0 Å². The molecule has 1 aromatic heterocycles. The summed E-state index contributed by atoms with van der Waals surface area (Å²) in [7, 11) is -4.23. The molecule has 1 fully saturated rings. The van der Waals surface area contributed by atoms with E-state index in [9.17, 15) is 23.7 Å². The molecule has 0 amide bonds. The van der Waals surface area contributed by atoms with E-state index in [1.165, 1.54) is 13.0 Å². The molecule has 0 radical (unpaired) electrons. The fraction of sp³-hybridized carbons (Fsp3) is 0.412. The molecule has 4 atom stereocenters. The lowest BCUT2D eigenvalue weighted by Crippen LogP contribution is -2.37. The zero-order valence-electron chi connectivity index (χ0n) is 15.5. The molecule has 0 saturated carbocycles. The van der Waals surface area contributed by atoms with E-state index >= 15 is 4.39 Å². The third-order valence-electron chi connectivity index (χ3n) is 4.64. The third-order valence-corrected chi connectivity index (χ3v) is 5.96. The number of rotatable bonds is 4. The van der Waals surface area contributed by atoms with Gasteiger partial charge in [0.1, 0.15) is 24.3 Å². The van der Waals surface area contributed by atoms with Gasteiger partial charge in [0, 0.05) is 23.7 Å². The smallest absolute Gasteiger partial charge is 0.404 e. The number of nitrogens with one attached hydrogen (secondary N) is 1. The molecule has 2 aliphatic heterocycles. The van der Waals surface area contributed by atoms with Gasteiger partial charge >= 0.3 is 13.5 Å². The first-order valence-corrected chi connectivity index (χ1v) is 10.3. The largest absolute Gasteiger partial charge is 0.530 e. The van der Waals surface area contributed by atoms with Crippen LogP contribution in [-0.2, 0) is 25.0 Å². The number of halogens is 2. The number of nitrogens with zero attached hydrogens (tertiary/aromatic N) is 1. The number of aliphatic hydroxyl groups excluding tert-OH is 1. The Morgan fingerprint density at radius 2 is 2.20 bits per heavy atom. The second kappa shape index (κ2) is 7.40. The topological polar surface area (TPSA) is 129 Å². The number of aromatic nitrogens is 2. The van der Waals surface area contributed by atoms with Gasteiger partial charge in [-0.15, -0.1) is 0 Å². The highest BCUT2D eigenvalue weighted by atomic mass is 31.2. The maximum Gasteiger partial charge on any atom is 0.530 e. The van der Waals surface area contributed by atoms with E-state index in [2.05, 4.69) is 0 Å². The van der Waals surface area contributed by atoms with Crippen LogP contribution in [0.3, 0.4) is 0 Å². The Balaban J connectivity index is 1.47. The highest BCUT2D eigenvalue weighted by Crippen LogP contribution is 2.55. The Morgan fingerprint density at radius 1 is 1.43 bits per heavy atom. The number of benzene rings is 1. The van der Waals surface area contributed by atoms with Gasteiger partial charge in [0.05, 0.1) is 6.61 Å². The van der Waals surface area contributed by atoms with Gasteiger partial charge in [-0.2, -0.15) is 0 Å². The van der Waals surface area contributed by atoms with Crippen molar-refractivity contribution in [2.24, 2.45) is 0 Å². The van der Waals surface area contributed by atoms with E-state index in [4.69, 9.17) is 18.3 Å². The second-order valence-electron chi connectivity index (χ2n) is 6.98. The molecule has 13 heteroatoms. The number of aromatic amines is 1. The highest BCUT2D eigenvalue weighted by molar-refractivity contribution is 7.49. The van der Waals surface area contributed by atoms with Crippen LogP contribution in [0.25, 0.3) is 0 Å². The first kappa shape index (κ1) is 20.9. The summed E-state index contributed by atoms with van der Waals surface area (Å²) in [6.07, 6.45) is -2.38. The number of aliphatic hydroxyl groups is 1. The Morgan fingerprint density at radius 3 is 2.97 bits per heavy atom. The fourth-order valence-corrected chi connectivity index (χ4v) is 4.40. The van der Waals surface area contributed by atoms with Crippen LogP contribution in [0.5, 0.6) is 5.75 Å². The van der Waals surface area contributed by atoms with E-state index in [-0.39, 0.29) is 17.9 Å². The van der Waals surface area contributed by atoms with Gasteiger partial charge in [-0.25, -0.2) is 18.1 Å². The summed E-state index contributed by atoms with van der Waals surface area (Å²) in [6, 6.07) is 3.47. The van der Waals surface area contributed by atoms with E-state index in [0.29, 0.717) is 5.56 Å². The quantitative estimate of drug-likeness (QED) is 0.679. The van der Waals surface area contributed by atoms with E-state index < -0.39 is 56.1 Å². The van der Waals surface area contributed by atoms with Gasteiger partial charge in [0.25, 0.3) is 5.56 Å². The minimum Gasteiger partial charge on any atom is -0.404 e. The van der Waals surface area contributed by atoms with Crippen LogP contribution in [-0.4, -0.2) is 33.2 Å². The first-order valence-electron chi connectivity index (χ1n) is 8.81. The summed E-state index contributed by atoms with van der Waals surface area (Å²) in [5.74, 6) is -3.09. The van der Waals surface area contributed by atoms with Crippen LogP contribution < -0.4 is 15.8 Å². The van der Waals surface area contributed by atoms with Gasteiger partial charge in [0.2, 0.25) is 5.85 Å². The number of aryl methyl sites for hydroxylation is 1. The van der Waals surface area contributed by atoms with E-state index in [0.717, 1.165) is 22.9 Å². The summed E-state index contributed by atoms with van der Waals surface area (Å²) in [5.41, 5.74) is -1.05. The number of H-pyrrole nitrogens is 1. The van der Waals surface area contributed by atoms with Gasteiger partial charge < -0.3 is 14.4 Å². The molecule has 10 nitrogen and oxygen atoms in total. The Labute approximate surface area is 167 Å². The summed E-state index contributed by atoms with van der Waals surface area (Å²) in [6.45, 7) is 0.211. The molecule has 0 aliphatic carbocycles. The van der Waals surface area contributed by atoms with E-state index in [1.807, 2.05) is 4.98 Å². The maximum atomic E-state index is 15.1. The summed E-state index contributed by atoms with van der Waals surface area (Å²) < 4.78 is 62.1. The lowest BCUT2D eigenvalue weighted by Gasteiger charge is -2.27. The van der Waals surface area contributed by atoms with Crippen molar-refractivity contribution in [3.8, 4) is 5.75 Å². The van der Waals surface area contributed by atoms with Crippen molar-refractivity contribution >= 4 is 7.82 Å². The zero-order chi connectivity index (χ0) is 21.7. The Bertz CT molecular complexity index is 1150. The number of ether oxygens (including phenoxy) is 1. The third kappa shape index (κ3) is 3.96. The van der Waals surface area contributed by atoms with Crippen LogP contribution >= 0.6 is 7.82 Å². The standard InChI is InChI=1S/C17H17F2N2O8P/c1-9-6-21(16(24)20-14(9)23)15-12(22)5-17(19,28-15)8-27-30(25)26-7-10-4-11(18)2-3-13(10)29-30/h2-4,6,12,15,22H,5,7-8H2,1H3,(H,20,23,24)/t12-,15-,17+,30?/m1/s1. The molecule has 0 bridgehead atoms. The fourth-order valence-electron chi connectivity index (χ4n) is 3.15. The van der Waals surface area contributed by atoms with Crippen molar-refractivity contribution < 1.29 is 36.8 Å². The number of hydrogen-bond acceptors (Lipinski definition) is 8. The van der Waals surface area contributed by atoms with Gasteiger partial charge in [-0.05, 0) is 25.1 Å². The first-order chi connectivity index (χ1) is 14.1. The summed E-state index contributed by atoms with van der Waals surface area (Å²) in [5, 5.41) is 10.2. The zero-order valence-corrected chi connectivity index (χ0v) is 16.4. The molecule has 3 heterocycles. The minimum atomic E-state index is -4.23. The molecule has 162 valence electrons.